The van der Waals surface area contributed by atoms with Gasteiger partial charge in [-0.1, -0.05) is 30.3 Å². The van der Waals surface area contributed by atoms with Gasteiger partial charge in [-0.05, 0) is 38.3 Å². The second-order valence-corrected chi connectivity index (χ2v) is 6.23. The fourth-order valence-corrected chi connectivity index (χ4v) is 3.33. The van der Waals surface area contributed by atoms with E-state index in [2.05, 4.69) is 15.3 Å². The lowest BCUT2D eigenvalue weighted by molar-refractivity contribution is -0.386. The van der Waals surface area contributed by atoms with E-state index in [0.29, 0.717) is 24.4 Å². The normalized spacial score (nSPS) is 16.0. The second-order valence-electron chi connectivity index (χ2n) is 6.23. The van der Waals surface area contributed by atoms with E-state index in [4.69, 9.17) is 4.74 Å². The monoisotopic (exact) mass is 356 g/mol. The van der Waals surface area contributed by atoms with Crippen LogP contribution in [0.5, 0.6) is 0 Å². The molecule has 0 saturated carbocycles. The number of nitrogens with one attached hydrogen (secondary N) is 1. The Hall–Kier alpha value is -2.87. The van der Waals surface area contributed by atoms with Gasteiger partial charge in [-0.25, -0.2) is 9.97 Å². The molecule has 1 aromatic carbocycles. The molecule has 0 aliphatic carbocycles. The molecule has 0 spiro atoms. The molecule has 1 aliphatic heterocycles. The zero-order valence-corrected chi connectivity index (χ0v) is 14.2. The first kappa shape index (κ1) is 17.9. The van der Waals surface area contributed by atoms with Crippen molar-refractivity contribution in [1.29, 1.82) is 0 Å². The van der Waals surface area contributed by atoms with Crippen LogP contribution in [-0.4, -0.2) is 34.5 Å². The van der Waals surface area contributed by atoms with Crippen molar-refractivity contribution in [1.82, 2.24) is 15.3 Å². The molecule has 2 aromatic rings. The maximum Gasteiger partial charge on any atom is 0.320 e. The molecular weight excluding hydrogens is 336 g/mol. The van der Waals surface area contributed by atoms with Crippen molar-refractivity contribution >= 4 is 12.2 Å². The lowest BCUT2D eigenvalue weighted by Gasteiger charge is -2.25. The Morgan fingerprint density at radius 2 is 2.00 bits per heavy atom. The van der Waals surface area contributed by atoms with Crippen LogP contribution < -0.4 is 5.32 Å². The predicted octanol–water partition coefficient (Wildman–Crippen LogP) is 2.66. The Morgan fingerprint density at radius 3 is 2.65 bits per heavy atom. The van der Waals surface area contributed by atoms with Crippen LogP contribution in [0, 0.1) is 16.0 Å². The van der Waals surface area contributed by atoms with Gasteiger partial charge < -0.3 is 10.1 Å². The number of carbonyl (C=O) groups is 1. The summed E-state index contributed by atoms with van der Waals surface area (Å²) < 4.78 is 5.22. The Bertz CT molecular complexity index is 763. The van der Waals surface area contributed by atoms with Gasteiger partial charge in [-0.3, -0.25) is 14.9 Å². The maximum absolute atomic E-state index is 11.8. The van der Waals surface area contributed by atoms with Gasteiger partial charge in [0.1, 0.15) is 6.33 Å². The molecule has 1 atom stereocenters. The largest absolute Gasteiger partial charge is 0.458 e. The number of nitro groups is 1. The number of ether oxygens (including phenoxy) is 1. The molecule has 3 rings (SSSR count). The average Bonchev–Trinajstić information content (AvgIpc) is 2.68. The van der Waals surface area contributed by atoms with Crippen LogP contribution in [-0.2, 0) is 9.53 Å². The van der Waals surface area contributed by atoms with E-state index >= 15 is 0 Å². The maximum atomic E-state index is 11.8. The highest BCUT2D eigenvalue weighted by molar-refractivity contribution is 5.70. The van der Waals surface area contributed by atoms with Gasteiger partial charge in [-0.15, -0.1) is 0 Å². The van der Waals surface area contributed by atoms with Crippen molar-refractivity contribution < 1.29 is 14.5 Å². The molecule has 1 saturated heterocycles. The summed E-state index contributed by atoms with van der Waals surface area (Å²) in [6.45, 7) is 2.11. The standard InChI is InChI=1S/C18H20N4O4/c23-12-26-15(10-13-6-8-19-9-7-13)17-18(22(24)25)16(20-11-21-17)14-4-2-1-3-5-14/h1-5,11-13,15,19H,6-10H2. The molecule has 8 heteroatoms. The van der Waals surface area contributed by atoms with Gasteiger partial charge in [0.25, 0.3) is 6.47 Å². The third-order valence-corrected chi connectivity index (χ3v) is 4.61. The van der Waals surface area contributed by atoms with E-state index in [9.17, 15) is 14.9 Å². The quantitative estimate of drug-likeness (QED) is 0.461. The molecule has 0 amide bonds. The molecule has 1 fully saturated rings. The summed E-state index contributed by atoms with van der Waals surface area (Å²) in [7, 11) is 0. The van der Waals surface area contributed by atoms with Crippen molar-refractivity contribution in [3.63, 3.8) is 0 Å². The van der Waals surface area contributed by atoms with Crippen LogP contribution >= 0.6 is 0 Å². The number of nitrogens with zero attached hydrogens (tertiary/aromatic N) is 3. The molecule has 1 unspecified atom stereocenters. The number of carbonyl (C=O) groups excluding carboxylic acids is 1. The molecule has 1 aliphatic rings. The first-order chi connectivity index (χ1) is 12.7. The Labute approximate surface area is 150 Å². The van der Waals surface area contributed by atoms with Crippen molar-refractivity contribution in [2.24, 2.45) is 5.92 Å². The molecule has 0 radical (unpaired) electrons. The summed E-state index contributed by atoms with van der Waals surface area (Å²) in [4.78, 5) is 30.5. The van der Waals surface area contributed by atoms with Crippen LogP contribution in [0.15, 0.2) is 36.7 Å². The molecule has 26 heavy (non-hydrogen) atoms. The first-order valence-corrected chi connectivity index (χ1v) is 8.55. The molecule has 8 nitrogen and oxygen atoms in total. The van der Waals surface area contributed by atoms with Crippen molar-refractivity contribution in [2.45, 2.75) is 25.4 Å². The summed E-state index contributed by atoms with van der Waals surface area (Å²) in [6.07, 6.45) is 2.90. The number of rotatable bonds is 7. The van der Waals surface area contributed by atoms with Gasteiger partial charge in [0.05, 0.1) is 4.92 Å². The zero-order valence-electron chi connectivity index (χ0n) is 14.2. The zero-order chi connectivity index (χ0) is 18.4. The Morgan fingerprint density at radius 1 is 1.27 bits per heavy atom. The fourth-order valence-electron chi connectivity index (χ4n) is 3.33. The van der Waals surface area contributed by atoms with Gasteiger partial charge in [-0.2, -0.15) is 0 Å². The van der Waals surface area contributed by atoms with Crippen molar-refractivity contribution in [3.05, 3.63) is 52.5 Å². The summed E-state index contributed by atoms with van der Waals surface area (Å²) in [5.41, 5.74) is 0.786. The number of aromatic nitrogens is 2. The average molecular weight is 356 g/mol. The molecule has 1 N–H and O–H groups in total. The molecule has 1 aromatic heterocycles. The van der Waals surface area contributed by atoms with E-state index in [1.165, 1.54) is 6.33 Å². The predicted molar refractivity (Wildman–Crippen MR) is 94.2 cm³/mol. The van der Waals surface area contributed by atoms with Crippen LogP contribution in [0.2, 0.25) is 0 Å². The Kier molecular flexibility index (Phi) is 5.85. The number of hydrogen-bond acceptors (Lipinski definition) is 7. The van der Waals surface area contributed by atoms with Gasteiger partial charge in [0.15, 0.2) is 17.5 Å². The van der Waals surface area contributed by atoms with Crippen LogP contribution in [0.1, 0.15) is 31.1 Å². The highest BCUT2D eigenvalue weighted by Crippen LogP contribution is 2.37. The van der Waals surface area contributed by atoms with E-state index in [1.807, 2.05) is 6.07 Å². The SMILES string of the molecule is O=COC(CC1CCNCC1)c1ncnc(-c2ccccc2)c1[N+](=O)[O-]. The first-order valence-electron chi connectivity index (χ1n) is 8.55. The minimum Gasteiger partial charge on any atom is -0.458 e. The smallest absolute Gasteiger partial charge is 0.320 e. The molecule has 2 heterocycles. The van der Waals surface area contributed by atoms with Crippen molar-refractivity contribution in [3.8, 4) is 11.3 Å². The summed E-state index contributed by atoms with van der Waals surface area (Å²) in [6, 6.07) is 8.90. The minimum atomic E-state index is -0.763. The van der Waals surface area contributed by atoms with Gasteiger partial charge in [0, 0.05) is 5.56 Å². The third kappa shape index (κ3) is 4.02. The summed E-state index contributed by atoms with van der Waals surface area (Å²) in [5.74, 6) is 0.316. The van der Waals surface area contributed by atoms with E-state index in [0.717, 1.165) is 25.9 Å². The number of hydrogen-bond donors (Lipinski definition) is 1. The highest BCUT2D eigenvalue weighted by atomic mass is 16.6. The van der Waals surface area contributed by atoms with Gasteiger partial charge >= 0.3 is 5.69 Å². The molecule has 136 valence electrons. The topological polar surface area (TPSA) is 107 Å². The Balaban J connectivity index is 2.00. The van der Waals surface area contributed by atoms with Crippen LogP contribution in [0.3, 0.4) is 0 Å². The third-order valence-electron chi connectivity index (χ3n) is 4.61. The fraction of sp³-hybridized carbons (Fsp3) is 0.389. The molecule has 0 bridgehead atoms. The lowest BCUT2D eigenvalue weighted by atomic mass is 9.90. The van der Waals surface area contributed by atoms with Gasteiger partial charge in [0.2, 0.25) is 0 Å². The number of piperidine rings is 1. The number of benzene rings is 1. The van der Waals surface area contributed by atoms with Crippen molar-refractivity contribution in [2.75, 3.05) is 13.1 Å². The highest BCUT2D eigenvalue weighted by Gasteiger charge is 2.32. The van der Waals surface area contributed by atoms with Crippen LogP contribution in [0.25, 0.3) is 11.3 Å². The van der Waals surface area contributed by atoms with E-state index in [-0.39, 0.29) is 17.1 Å². The molecular formula is C18H20N4O4. The lowest BCUT2D eigenvalue weighted by Crippen LogP contribution is -2.29. The van der Waals surface area contributed by atoms with E-state index < -0.39 is 11.0 Å². The van der Waals surface area contributed by atoms with Crippen LogP contribution in [0.4, 0.5) is 5.69 Å². The minimum absolute atomic E-state index is 0.148. The summed E-state index contributed by atoms with van der Waals surface area (Å²) in [5, 5.41) is 15.1. The van der Waals surface area contributed by atoms with E-state index in [1.54, 1.807) is 24.3 Å². The summed E-state index contributed by atoms with van der Waals surface area (Å²) >= 11 is 0. The second kappa shape index (κ2) is 8.48.